The van der Waals surface area contributed by atoms with Gasteiger partial charge >= 0.3 is 5.97 Å². The van der Waals surface area contributed by atoms with E-state index in [1.165, 1.54) is 12.5 Å². The minimum atomic E-state index is -0.495. The minimum Gasteiger partial charge on any atom is -0.463 e. The number of esters is 1. The molecule has 1 aromatic rings. The Balaban J connectivity index is 2.98. The molecule has 0 aliphatic heterocycles. The zero-order chi connectivity index (χ0) is 9.84. The van der Waals surface area contributed by atoms with Gasteiger partial charge in [0.05, 0.1) is 7.11 Å². The van der Waals surface area contributed by atoms with Gasteiger partial charge in [0.25, 0.3) is 0 Å². The van der Waals surface area contributed by atoms with E-state index in [4.69, 9.17) is 0 Å². The van der Waals surface area contributed by atoms with Crippen molar-refractivity contribution in [3.8, 4) is 0 Å². The summed E-state index contributed by atoms with van der Waals surface area (Å²) in [6.07, 6.45) is 0.510. The number of carbonyl (C=O) groups is 1. The van der Waals surface area contributed by atoms with E-state index in [1.54, 1.807) is 11.6 Å². The Morgan fingerprint density at radius 1 is 1.69 bits per heavy atom. The molecule has 0 aliphatic rings. The molecule has 5 nitrogen and oxygen atoms in total. The first-order chi connectivity index (χ1) is 6.20. The van der Waals surface area contributed by atoms with Crippen molar-refractivity contribution >= 4 is 23.6 Å². The van der Waals surface area contributed by atoms with Crippen LogP contribution in [0.2, 0.25) is 0 Å². The summed E-state index contributed by atoms with van der Waals surface area (Å²) in [4.78, 5) is 11.1. The summed E-state index contributed by atoms with van der Waals surface area (Å²) in [6, 6.07) is 0. The fourth-order valence-electron chi connectivity index (χ4n) is 0.883. The molecular formula is C7H9N3O2S. The highest BCUT2D eigenvalue weighted by Crippen LogP contribution is 2.00. The van der Waals surface area contributed by atoms with Gasteiger partial charge in [-0.15, -0.1) is 10.2 Å². The Hall–Kier alpha value is -1.30. The fraction of sp³-hybridized carbons (Fsp3) is 0.429. The fourth-order valence-corrected chi connectivity index (χ4v) is 1.03. The SMILES string of the molecule is COC(=O)c1nnc(CC=S)n1C. The Morgan fingerprint density at radius 3 is 2.92 bits per heavy atom. The van der Waals surface area contributed by atoms with Crippen LogP contribution in [0, 0.1) is 0 Å². The van der Waals surface area contributed by atoms with Crippen LogP contribution in [0.1, 0.15) is 16.4 Å². The van der Waals surface area contributed by atoms with Crippen molar-refractivity contribution in [3.05, 3.63) is 11.6 Å². The average molecular weight is 199 g/mol. The van der Waals surface area contributed by atoms with Gasteiger partial charge in [0.1, 0.15) is 5.82 Å². The summed E-state index contributed by atoms with van der Waals surface area (Å²) < 4.78 is 6.07. The first kappa shape index (κ1) is 9.79. The van der Waals surface area contributed by atoms with Crippen molar-refractivity contribution in [2.75, 3.05) is 7.11 Å². The van der Waals surface area contributed by atoms with E-state index in [-0.39, 0.29) is 5.82 Å². The second kappa shape index (κ2) is 4.08. The van der Waals surface area contributed by atoms with Crippen molar-refractivity contribution in [2.45, 2.75) is 6.42 Å². The third-order valence-corrected chi connectivity index (χ3v) is 1.77. The number of hydrogen-bond acceptors (Lipinski definition) is 5. The second-order valence-electron chi connectivity index (χ2n) is 2.36. The molecule has 1 rings (SSSR count). The lowest BCUT2D eigenvalue weighted by Crippen LogP contribution is -2.10. The Bertz CT molecular complexity index is 334. The summed E-state index contributed by atoms with van der Waals surface area (Å²) >= 11 is 4.67. The highest BCUT2D eigenvalue weighted by atomic mass is 32.1. The zero-order valence-electron chi connectivity index (χ0n) is 7.35. The molecule has 0 radical (unpaired) electrons. The zero-order valence-corrected chi connectivity index (χ0v) is 8.17. The van der Waals surface area contributed by atoms with Crippen LogP contribution >= 0.6 is 12.2 Å². The number of thiocarbonyl (C=S) groups is 1. The van der Waals surface area contributed by atoms with Gasteiger partial charge in [-0.25, -0.2) is 4.79 Å². The van der Waals surface area contributed by atoms with Crippen molar-refractivity contribution < 1.29 is 9.53 Å². The molecule has 70 valence electrons. The molecule has 0 aromatic carbocycles. The van der Waals surface area contributed by atoms with Crippen LogP contribution in [-0.2, 0) is 18.2 Å². The highest BCUT2D eigenvalue weighted by molar-refractivity contribution is 7.78. The largest absolute Gasteiger partial charge is 0.463 e. The minimum absolute atomic E-state index is 0.189. The first-order valence-corrected chi connectivity index (χ1v) is 4.08. The molecule has 0 bridgehead atoms. The predicted molar refractivity (Wildman–Crippen MR) is 49.7 cm³/mol. The quantitative estimate of drug-likeness (QED) is 0.512. The monoisotopic (exact) mass is 199 g/mol. The molecule has 0 fully saturated rings. The summed E-state index contributed by atoms with van der Waals surface area (Å²) in [7, 11) is 3.00. The van der Waals surface area contributed by atoms with Gasteiger partial charge in [-0.2, -0.15) is 0 Å². The van der Waals surface area contributed by atoms with Crippen LogP contribution in [0.4, 0.5) is 0 Å². The van der Waals surface area contributed by atoms with E-state index in [9.17, 15) is 4.79 Å². The molecule has 0 atom stereocenters. The van der Waals surface area contributed by atoms with Gasteiger partial charge in [0, 0.05) is 13.5 Å². The number of carbonyl (C=O) groups excluding carboxylic acids is 1. The van der Waals surface area contributed by atoms with Crippen LogP contribution in [0.5, 0.6) is 0 Å². The van der Waals surface area contributed by atoms with Crippen LogP contribution < -0.4 is 0 Å². The molecule has 0 saturated carbocycles. The molecule has 1 aromatic heterocycles. The second-order valence-corrected chi connectivity index (χ2v) is 2.69. The summed E-state index contributed by atoms with van der Waals surface area (Å²) in [6.45, 7) is 0. The van der Waals surface area contributed by atoms with Gasteiger partial charge < -0.3 is 9.30 Å². The normalized spacial score (nSPS) is 9.69. The van der Waals surface area contributed by atoms with Gasteiger partial charge in [-0.3, -0.25) is 0 Å². The smallest absolute Gasteiger partial charge is 0.376 e. The van der Waals surface area contributed by atoms with Crippen molar-refractivity contribution in [1.82, 2.24) is 14.8 Å². The van der Waals surface area contributed by atoms with Crippen LogP contribution in [-0.4, -0.2) is 33.2 Å². The topological polar surface area (TPSA) is 57.0 Å². The number of hydrogen-bond donors (Lipinski definition) is 0. The van der Waals surface area contributed by atoms with E-state index in [0.29, 0.717) is 12.2 Å². The molecular weight excluding hydrogens is 190 g/mol. The predicted octanol–water partition coefficient (Wildman–Crippen LogP) is 0.144. The number of methoxy groups -OCH3 is 1. The number of rotatable bonds is 3. The standard InChI is InChI=1S/C7H9N3O2S/c1-10-5(3-4-13)8-9-6(10)7(11)12-2/h4H,3H2,1-2H3. The molecule has 0 N–H and O–H groups in total. The number of nitrogens with zero attached hydrogens (tertiary/aromatic N) is 3. The average Bonchev–Trinajstić information content (AvgIpc) is 2.48. The van der Waals surface area contributed by atoms with Crippen molar-refractivity contribution in [2.24, 2.45) is 7.05 Å². The molecule has 13 heavy (non-hydrogen) atoms. The van der Waals surface area contributed by atoms with E-state index in [1.807, 2.05) is 0 Å². The van der Waals surface area contributed by atoms with Crippen LogP contribution in [0.25, 0.3) is 0 Å². The lowest BCUT2D eigenvalue weighted by Gasteiger charge is -1.99. The number of ether oxygens (including phenoxy) is 1. The maximum Gasteiger partial charge on any atom is 0.376 e. The Morgan fingerprint density at radius 2 is 2.38 bits per heavy atom. The molecule has 0 amide bonds. The summed E-state index contributed by atoms with van der Waals surface area (Å²) in [5, 5.41) is 9.00. The van der Waals surface area contributed by atoms with Gasteiger partial charge in [-0.05, 0) is 5.37 Å². The van der Waals surface area contributed by atoms with Gasteiger partial charge in [0.15, 0.2) is 0 Å². The maximum atomic E-state index is 11.1. The Labute approximate surface area is 80.7 Å². The number of aromatic nitrogens is 3. The highest BCUT2D eigenvalue weighted by Gasteiger charge is 2.15. The van der Waals surface area contributed by atoms with E-state index >= 15 is 0 Å². The molecule has 0 unspecified atom stereocenters. The van der Waals surface area contributed by atoms with Crippen LogP contribution in [0.15, 0.2) is 0 Å². The van der Waals surface area contributed by atoms with Crippen LogP contribution in [0.3, 0.4) is 0 Å². The first-order valence-electron chi connectivity index (χ1n) is 3.61. The summed E-state index contributed by atoms with van der Waals surface area (Å²) in [5.74, 6) is 0.343. The van der Waals surface area contributed by atoms with E-state index in [2.05, 4.69) is 27.2 Å². The van der Waals surface area contributed by atoms with Crippen molar-refractivity contribution in [1.29, 1.82) is 0 Å². The lowest BCUT2D eigenvalue weighted by molar-refractivity contribution is 0.0582. The molecule has 0 spiro atoms. The van der Waals surface area contributed by atoms with E-state index in [0.717, 1.165) is 0 Å². The molecule has 6 heteroatoms. The third-order valence-electron chi connectivity index (χ3n) is 1.60. The lowest BCUT2D eigenvalue weighted by atomic mass is 10.4. The third kappa shape index (κ3) is 1.89. The van der Waals surface area contributed by atoms with E-state index < -0.39 is 5.97 Å². The molecule has 1 heterocycles. The van der Waals surface area contributed by atoms with Gasteiger partial charge in [0.2, 0.25) is 5.82 Å². The maximum absolute atomic E-state index is 11.1. The molecule has 0 aliphatic carbocycles. The Kier molecular flexibility index (Phi) is 3.07. The van der Waals surface area contributed by atoms with Crippen molar-refractivity contribution in [3.63, 3.8) is 0 Å². The van der Waals surface area contributed by atoms with Gasteiger partial charge in [-0.1, -0.05) is 12.2 Å². The summed E-state index contributed by atoms with van der Waals surface area (Å²) in [5.41, 5.74) is 0. The molecule has 0 saturated heterocycles.